The minimum atomic E-state index is -0.161. The van der Waals surface area contributed by atoms with Gasteiger partial charge in [-0.2, -0.15) is 11.8 Å². The molecular formula is C13H18FNS. The molecule has 1 aromatic rings. The Bertz CT molecular complexity index is 338. The zero-order valence-corrected chi connectivity index (χ0v) is 10.6. The van der Waals surface area contributed by atoms with E-state index >= 15 is 0 Å². The van der Waals surface area contributed by atoms with Crippen molar-refractivity contribution in [1.82, 2.24) is 5.32 Å². The lowest BCUT2D eigenvalue weighted by Gasteiger charge is -2.22. The van der Waals surface area contributed by atoms with E-state index in [-0.39, 0.29) is 5.82 Å². The summed E-state index contributed by atoms with van der Waals surface area (Å²) in [5.41, 5.74) is 1.19. The van der Waals surface area contributed by atoms with E-state index in [1.165, 1.54) is 11.3 Å². The molecule has 0 amide bonds. The van der Waals surface area contributed by atoms with Crippen molar-refractivity contribution >= 4 is 11.8 Å². The van der Waals surface area contributed by atoms with Gasteiger partial charge in [-0.3, -0.25) is 0 Å². The van der Waals surface area contributed by atoms with E-state index in [1.54, 1.807) is 12.1 Å². The van der Waals surface area contributed by atoms with Crippen LogP contribution in [0, 0.1) is 11.7 Å². The molecule has 1 N–H and O–H groups in total. The van der Waals surface area contributed by atoms with Crippen LogP contribution >= 0.6 is 11.8 Å². The summed E-state index contributed by atoms with van der Waals surface area (Å²) in [6.07, 6.45) is 0. The first kappa shape index (κ1) is 11.9. The van der Waals surface area contributed by atoms with E-state index in [2.05, 4.69) is 19.2 Å². The standard InChI is InChI=1S/C13H18FNS/c1-9-7-15-13(10(2)16-8-9)11-3-5-12(14)6-4-11/h3-6,9-10,13,15H,7-8H2,1-2H3. The number of halogens is 1. The average molecular weight is 239 g/mol. The van der Waals surface area contributed by atoms with Crippen LogP contribution in [-0.4, -0.2) is 17.5 Å². The summed E-state index contributed by atoms with van der Waals surface area (Å²) >= 11 is 2.00. The van der Waals surface area contributed by atoms with Gasteiger partial charge in [-0.05, 0) is 35.9 Å². The van der Waals surface area contributed by atoms with E-state index in [1.807, 2.05) is 23.9 Å². The number of rotatable bonds is 1. The topological polar surface area (TPSA) is 12.0 Å². The molecule has 1 fully saturated rings. The van der Waals surface area contributed by atoms with Crippen LogP contribution < -0.4 is 5.32 Å². The molecule has 88 valence electrons. The van der Waals surface area contributed by atoms with Gasteiger partial charge in [0.15, 0.2) is 0 Å². The van der Waals surface area contributed by atoms with Gasteiger partial charge in [-0.1, -0.05) is 26.0 Å². The van der Waals surface area contributed by atoms with Gasteiger partial charge >= 0.3 is 0 Å². The molecule has 0 spiro atoms. The number of hydrogen-bond donors (Lipinski definition) is 1. The van der Waals surface area contributed by atoms with E-state index in [0.717, 1.165) is 6.54 Å². The summed E-state index contributed by atoms with van der Waals surface area (Å²) in [6.45, 7) is 5.54. The second kappa shape index (κ2) is 5.19. The second-order valence-corrected chi connectivity index (χ2v) is 5.99. The van der Waals surface area contributed by atoms with Crippen molar-refractivity contribution in [3.05, 3.63) is 35.6 Å². The second-order valence-electron chi connectivity index (χ2n) is 4.58. The minimum absolute atomic E-state index is 0.161. The Kier molecular flexibility index (Phi) is 3.87. The van der Waals surface area contributed by atoms with Crippen molar-refractivity contribution in [1.29, 1.82) is 0 Å². The maximum absolute atomic E-state index is 12.9. The SMILES string of the molecule is CC1CNC(c2ccc(F)cc2)C(C)SC1. The van der Waals surface area contributed by atoms with Crippen LogP contribution in [-0.2, 0) is 0 Å². The van der Waals surface area contributed by atoms with Crippen molar-refractivity contribution < 1.29 is 4.39 Å². The molecule has 1 heterocycles. The van der Waals surface area contributed by atoms with Crippen LogP contribution in [0.5, 0.6) is 0 Å². The Labute approximate surface area is 101 Å². The third-order valence-electron chi connectivity index (χ3n) is 3.03. The third-order valence-corrected chi connectivity index (χ3v) is 4.59. The lowest BCUT2D eigenvalue weighted by atomic mass is 10.0. The number of hydrogen-bond acceptors (Lipinski definition) is 2. The van der Waals surface area contributed by atoms with Gasteiger partial charge < -0.3 is 5.32 Å². The normalized spacial score (nSPS) is 31.1. The Morgan fingerprint density at radius 3 is 2.62 bits per heavy atom. The van der Waals surface area contributed by atoms with E-state index in [9.17, 15) is 4.39 Å². The van der Waals surface area contributed by atoms with Gasteiger partial charge in [0, 0.05) is 11.3 Å². The fourth-order valence-electron chi connectivity index (χ4n) is 2.02. The van der Waals surface area contributed by atoms with Crippen molar-refractivity contribution in [2.24, 2.45) is 5.92 Å². The quantitative estimate of drug-likeness (QED) is 0.807. The Hall–Kier alpha value is -0.540. The highest BCUT2D eigenvalue weighted by molar-refractivity contribution is 7.99. The van der Waals surface area contributed by atoms with Crippen LogP contribution in [0.4, 0.5) is 4.39 Å². The lowest BCUT2D eigenvalue weighted by molar-refractivity contribution is 0.489. The Morgan fingerprint density at radius 1 is 1.25 bits per heavy atom. The summed E-state index contributed by atoms with van der Waals surface area (Å²) < 4.78 is 12.9. The van der Waals surface area contributed by atoms with Gasteiger partial charge in [-0.25, -0.2) is 4.39 Å². The maximum Gasteiger partial charge on any atom is 0.123 e. The molecule has 1 saturated heterocycles. The molecule has 0 aromatic heterocycles. The molecule has 3 atom stereocenters. The molecule has 1 aliphatic rings. The van der Waals surface area contributed by atoms with Gasteiger partial charge in [0.25, 0.3) is 0 Å². The molecule has 1 aromatic carbocycles. The van der Waals surface area contributed by atoms with E-state index in [0.29, 0.717) is 17.2 Å². The summed E-state index contributed by atoms with van der Waals surface area (Å²) in [5, 5.41) is 4.11. The Morgan fingerprint density at radius 2 is 1.94 bits per heavy atom. The molecule has 0 bridgehead atoms. The zero-order chi connectivity index (χ0) is 11.5. The monoisotopic (exact) mass is 239 g/mol. The first-order valence-corrected chi connectivity index (χ1v) is 6.82. The molecule has 0 radical (unpaired) electrons. The maximum atomic E-state index is 12.9. The highest BCUT2D eigenvalue weighted by Gasteiger charge is 2.23. The van der Waals surface area contributed by atoms with Crippen LogP contribution in [0.2, 0.25) is 0 Å². The molecular weight excluding hydrogens is 221 g/mol. The minimum Gasteiger partial charge on any atom is -0.309 e. The van der Waals surface area contributed by atoms with E-state index in [4.69, 9.17) is 0 Å². The lowest BCUT2D eigenvalue weighted by Crippen LogP contribution is -2.29. The van der Waals surface area contributed by atoms with Crippen LogP contribution in [0.3, 0.4) is 0 Å². The van der Waals surface area contributed by atoms with Crippen molar-refractivity contribution in [3.63, 3.8) is 0 Å². The molecule has 1 nitrogen and oxygen atoms in total. The van der Waals surface area contributed by atoms with Gasteiger partial charge in [-0.15, -0.1) is 0 Å². The summed E-state index contributed by atoms with van der Waals surface area (Å²) in [4.78, 5) is 0. The largest absolute Gasteiger partial charge is 0.309 e. The highest BCUT2D eigenvalue weighted by atomic mass is 32.2. The van der Waals surface area contributed by atoms with E-state index < -0.39 is 0 Å². The predicted molar refractivity (Wildman–Crippen MR) is 68.2 cm³/mol. The average Bonchev–Trinajstić information content (AvgIpc) is 2.44. The highest BCUT2D eigenvalue weighted by Crippen LogP contribution is 2.30. The van der Waals surface area contributed by atoms with Crippen LogP contribution in [0.25, 0.3) is 0 Å². The predicted octanol–water partition coefficient (Wildman–Crippen LogP) is 3.23. The number of nitrogens with one attached hydrogen (secondary N) is 1. The molecule has 3 heteroatoms. The number of benzene rings is 1. The molecule has 16 heavy (non-hydrogen) atoms. The van der Waals surface area contributed by atoms with Gasteiger partial charge in [0.05, 0.1) is 0 Å². The Balaban J connectivity index is 2.15. The fourth-order valence-corrected chi connectivity index (χ4v) is 3.22. The summed E-state index contributed by atoms with van der Waals surface area (Å²) in [7, 11) is 0. The van der Waals surface area contributed by atoms with Gasteiger partial charge in [0.1, 0.15) is 5.82 Å². The summed E-state index contributed by atoms with van der Waals surface area (Å²) in [5.74, 6) is 1.75. The molecule has 0 aliphatic carbocycles. The summed E-state index contributed by atoms with van der Waals surface area (Å²) in [6, 6.07) is 7.21. The molecule has 2 rings (SSSR count). The van der Waals surface area contributed by atoms with Gasteiger partial charge in [0.2, 0.25) is 0 Å². The molecule has 1 aliphatic heterocycles. The van der Waals surface area contributed by atoms with Crippen molar-refractivity contribution in [2.75, 3.05) is 12.3 Å². The smallest absolute Gasteiger partial charge is 0.123 e. The number of thioether (sulfide) groups is 1. The third kappa shape index (κ3) is 2.77. The van der Waals surface area contributed by atoms with Crippen molar-refractivity contribution in [2.45, 2.75) is 25.1 Å². The molecule has 3 unspecified atom stereocenters. The first-order chi connectivity index (χ1) is 7.66. The fraction of sp³-hybridized carbons (Fsp3) is 0.538. The zero-order valence-electron chi connectivity index (χ0n) is 9.74. The molecule has 0 saturated carbocycles. The first-order valence-electron chi connectivity index (χ1n) is 5.77. The van der Waals surface area contributed by atoms with Crippen LogP contribution in [0.1, 0.15) is 25.5 Å². The van der Waals surface area contributed by atoms with Crippen LogP contribution in [0.15, 0.2) is 24.3 Å². The van der Waals surface area contributed by atoms with Crippen molar-refractivity contribution in [3.8, 4) is 0 Å².